The molecule has 0 amide bonds. The van der Waals surface area contributed by atoms with Gasteiger partial charge in [-0.2, -0.15) is 0 Å². The number of benzene rings is 4. The molecule has 2 heterocycles. The van der Waals surface area contributed by atoms with Crippen LogP contribution in [0.3, 0.4) is 0 Å². The average molecular weight is 1100 g/mol. The number of methoxy groups -OCH3 is 2. The van der Waals surface area contributed by atoms with Gasteiger partial charge in [0.1, 0.15) is 0 Å². The van der Waals surface area contributed by atoms with E-state index in [2.05, 4.69) is 158 Å². The third-order valence-corrected chi connectivity index (χ3v) is 19.5. The Kier molecular flexibility index (Phi) is 20.8. The molecule has 6 aromatic rings. The van der Waals surface area contributed by atoms with Crippen molar-refractivity contribution in [2.45, 2.75) is 213 Å². The summed E-state index contributed by atoms with van der Waals surface area (Å²) in [6.07, 6.45) is 24.9. The lowest BCUT2D eigenvalue weighted by Gasteiger charge is -2.37. The maximum atomic E-state index is 11.8. The van der Waals surface area contributed by atoms with E-state index in [1.807, 2.05) is 24.5 Å². The number of ether oxygens (including phenoxy) is 2. The summed E-state index contributed by atoms with van der Waals surface area (Å²) in [7, 11) is 1.24. The third-order valence-electron chi connectivity index (χ3n) is 18.4. The molecule has 428 valence electrons. The van der Waals surface area contributed by atoms with Gasteiger partial charge in [-0.05, 0) is 214 Å². The summed E-state index contributed by atoms with van der Waals surface area (Å²) < 4.78 is 16.5. The van der Waals surface area contributed by atoms with Crippen molar-refractivity contribution in [3.63, 3.8) is 0 Å². The second-order valence-corrected chi connectivity index (χ2v) is 29.1. The van der Waals surface area contributed by atoms with Gasteiger partial charge in [0.2, 0.25) is 0 Å². The second-order valence-electron chi connectivity index (χ2n) is 24.6. The van der Waals surface area contributed by atoms with Crippen molar-refractivity contribution in [2.24, 2.45) is 0 Å². The van der Waals surface area contributed by atoms with Crippen LogP contribution in [0.15, 0.2) is 110 Å². The van der Waals surface area contributed by atoms with Crippen molar-refractivity contribution in [1.29, 1.82) is 0 Å². The SMILES string of the molecule is CCC(CC)(c1ccc(CCC2(O)CCCC2)c(C)c1)c1ccc(-c2cncc(CC(=O)OC)c2)c(C)c1.CCC(CC)(c1ccc(CCC2(O[Si](C)(C)C)CCCC2)c(C)c1)c1ccc(-c2cncc(CC(=O)OC)c2)c(C)c1. The zero-order valence-electron chi connectivity index (χ0n) is 51.0. The predicted molar refractivity (Wildman–Crippen MR) is 331 cm³/mol. The standard InChI is InChI=1S/C37H51NO3Si.C34H43NO3/c1-9-37(10-2,33-15-16-34(28(4)22-33)31-23-29(25-38-26-31)24-35(39)40-5)32-14-13-30(27(3)21-32)17-20-36(18-11-12-19-36)41-42(6,7)8;1-6-34(7-2,29-11-10-27(24(3)18-29)14-17-33(37)15-8-9-16-33)30-12-13-31(25(4)19-30)28-20-26(22-35-23-28)21-32(36)38-5/h13-16,21-23,25-26H,9-12,17-20,24H2,1-8H3;10-13,18-20,22-23,37H,6-9,14-17,21H2,1-5H3. The fraction of sp³-hybridized carbons (Fsp3) is 0.493. The Bertz CT molecular complexity index is 3060. The van der Waals surface area contributed by atoms with Crippen LogP contribution in [0.1, 0.15) is 184 Å². The van der Waals surface area contributed by atoms with Crippen molar-refractivity contribution in [3.05, 3.63) is 176 Å². The topological polar surface area (TPSA) is 108 Å². The first-order valence-electron chi connectivity index (χ1n) is 30.0. The Morgan fingerprint density at radius 3 is 1.26 bits per heavy atom. The quantitative estimate of drug-likeness (QED) is 0.0529. The van der Waals surface area contributed by atoms with Crippen LogP contribution in [-0.4, -0.2) is 60.8 Å². The van der Waals surface area contributed by atoms with Crippen LogP contribution in [0.5, 0.6) is 0 Å². The monoisotopic (exact) mass is 1100 g/mol. The highest BCUT2D eigenvalue weighted by Gasteiger charge is 2.39. The number of aryl methyl sites for hydroxylation is 6. The van der Waals surface area contributed by atoms with E-state index in [1.54, 1.807) is 12.4 Å². The van der Waals surface area contributed by atoms with Crippen molar-refractivity contribution < 1.29 is 28.6 Å². The molecule has 8 nitrogen and oxygen atoms in total. The van der Waals surface area contributed by atoms with Gasteiger partial charge in [-0.25, -0.2) is 0 Å². The molecule has 0 aliphatic heterocycles. The van der Waals surface area contributed by atoms with Crippen LogP contribution < -0.4 is 0 Å². The predicted octanol–water partition coefficient (Wildman–Crippen LogP) is 16.7. The van der Waals surface area contributed by atoms with Gasteiger partial charge in [0.25, 0.3) is 0 Å². The van der Waals surface area contributed by atoms with E-state index >= 15 is 0 Å². The van der Waals surface area contributed by atoms with Crippen molar-refractivity contribution in [3.8, 4) is 22.3 Å². The normalized spacial score (nSPS) is 15.1. The van der Waals surface area contributed by atoms with Gasteiger partial charge in [-0.15, -0.1) is 0 Å². The van der Waals surface area contributed by atoms with E-state index in [9.17, 15) is 14.7 Å². The molecular formula is C71H94N2O6Si. The molecule has 1 N–H and O–H groups in total. The molecule has 0 saturated heterocycles. The van der Waals surface area contributed by atoms with Gasteiger partial charge in [0.05, 0.1) is 38.3 Å². The molecule has 0 atom stereocenters. The first-order chi connectivity index (χ1) is 38.2. The molecule has 0 bridgehead atoms. The number of rotatable bonds is 22. The molecular weight excluding hydrogens is 1000 g/mol. The first-order valence-corrected chi connectivity index (χ1v) is 33.5. The molecule has 80 heavy (non-hydrogen) atoms. The Morgan fingerprint density at radius 1 is 0.525 bits per heavy atom. The Labute approximate surface area is 482 Å². The largest absolute Gasteiger partial charge is 0.469 e. The van der Waals surface area contributed by atoms with E-state index in [4.69, 9.17) is 13.9 Å². The molecule has 2 aliphatic carbocycles. The lowest BCUT2D eigenvalue weighted by molar-refractivity contribution is -0.140. The van der Waals surface area contributed by atoms with E-state index in [0.29, 0.717) is 0 Å². The summed E-state index contributed by atoms with van der Waals surface area (Å²) in [5, 5.41) is 10.8. The van der Waals surface area contributed by atoms with Gasteiger partial charge < -0.3 is 19.0 Å². The first kappa shape index (κ1) is 61.9. The van der Waals surface area contributed by atoms with Gasteiger partial charge in [-0.1, -0.05) is 126 Å². The number of esters is 2. The number of carbonyl (C=O) groups excluding carboxylic acids is 2. The highest BCUT2D eigenvalue weighted by atomic mass is 28.4. The van der Waals surface area contributed by atoms with E-state index in [1.165, 1.54) is 95.5 Å². The van der Waals surface area contributed by atoms with Crippen LogP contribution in [0.25, 0.3) is 22.3 Å². The van der Waals surface area contributed by atoms with Crippen molar-refractivity contribution >= 4 is 20.3 Å². The average Bonchev–Trinajstić information content (AvgIpc) is 4.11. The fourth-order valence-electron chi connectivity index (χ4n) is 13.6. The number of aliphatic hydroxyl groups is 1. The van der Waals surface area contributed by atoms with Crippen LogP contribution in [0.2, 0.25) is 19.6 Å². The molecule has 8 rings (SSSR count). The molecule has 9 heteroatoms. The van der Waals surface area contributed by atoms with E-state index in [0.717, 1.165) is 110 Å². The summed E-state index contributed by atoms with van der Waals surface area (Å²) in [4.78, 5) is 32.3. The molecule has 0 unspecified atom stereocenters. The summed E-state index contributed by atoms with van der Waals surface area (Å²) in [5.74, 6) is -0.515. The molecule has 4 aromatic carbocycles. The van der Waals surface area contributed by atoms with Crippen LogP contribution in [0.4, 0.5) is 0 Å². The summed E-state index contributed by atoms with van der Waals surface area (Å²) in [6.45, 7) is 25.0. The molecule has 2 fully saturated rings. The summed E-state index contributed by atoms with van der Waals surface area (Å²) >= 11 is 0. The second kappa shape index (κ2) is 26.9. The smallest absolute Gasteiger partial charge is 0.310 e. The highest BCUT2D eigenvalue weighted by Crippen LogP contribution is 2.45. The minimum absolute atomic E-state index is 0.0504. The van der Waals surface area contributed by atoms with Gasteiger partial charge in [0.15, 0.2) is 8.32 Å². The summed E-state index contributed by atoms with van der Waals surface area (Å²) in [5.41, 5.74) is 18.9. The van der Waals surface area contributed by atoms with Crippen LogP contribution in [-0.2, 0) is 60.0 Å². The van der Waals surface area contributed by atoms with E-state index in [-0.39, 0.29) is 41.2 Å². The number of aromatic nitrogens is 2. The zero-order valence-corrected chi connectivity index (χ0v) is 52.0. The highest BCUT2D eigenvalue weighted by molar-refractivity contribution is 6.69. The van der Waals surface area contributed by atoms with Crippen molar-refractivity contribution in [2.75, 3.05) is 14.2 Å². The minimum Gasteiger partial charge on any atom is -0.469 e. The summed E-state index contributed by atoms with van der Waals surface area (Å²) in [6, 6.07) is 32.0. The lowest BCUT2D eigenvalue weighted by atomic mass is 9.69. The molecule has 2 saturated carbocycles. The fourth-order valence-corrected chi connectivity index (χ4v) is 15.2. The maximum Gasteiger partial charge on any atom is 0.310 e. The van der Waals surface area contributed by atoms with Crippen LogP contribution in [0, 0.1) is 27.7 Å². The molecule has 0 radical (unpaired) electrons. The molecule has 2 aromatic heterocycles. The molecule has 0 spiro atoms. The number of pyridine rings is 2. The van der Waals surface area contributed by atoms with Crippen molar-refractivity contribution in [1.82, 2.24) is 9.97 Å². The number of nitrogens with zero attached hydrogens (tertiary/aromatic N) is 2. The van der Waals surface area contributed by atoms with Gasteiger partial charge in [-0.3, -0.25) is 19.6 Å². The lowest BCUT2D eigenvalue weighted by Crippen LogP contribution is -2.41. The Hall–Kier alpha value is -5.74. The zero-order chi connectivity index (χ0) is 57.9. The van der Waals surface area contributed by atoms with Crippen LogP contribution >= 0.6 is 0 Å². The number of hydrogen-bond donors (Lipinski definition) is 1. The maximum absolute atomic E-state index is 11.8. The number of hydrogen-bond acceptors (Lipinski definition) is 8. The van der Waals surface area contributed by atoms with Gasteiger partial charge in [0, 0.05) is 46.7 Å². The minimum atomic E-state index is -1.59. The van der Waals surface area contributed by atoms with E-state index < -0.39 is 13.9 Å². The molecule has 2 aliphatic rings. The Morgan fingerprint density at radius 2 is 0.900 bits per heavy atom. The Balaban J connectivity index is 0.000000232. The third kappa shape index (κ3) is 14.6. The van der Waals surface area contributed by atoms with Gasteiger partial charge >= 0.3 is 11.9 Å². The number of carbonyl (C=O) groups is 2.